The van der Waals surface area contributed by atoms with Gasteiger partial charge in [0.2, 0.25) is 5.91 Å². The zero-order chi connectivity index (χ0) is 12.5. The Kier molecular flexibility index (Phi) is 3.17. The summed E-state index contributed by atoms with van der Waals surface area (Å²) < 4.78 is 11.3. The van der Waals surface area contributed by atoms with Gasteiger partial charge in [0.25, 0.3) is 0 Å². The van der Waals surface area contributed by atoms with E-state index in [0.29, 0.717) is 12.4 Å². The maximum Gasteiger partial charge on any atom is 0.494 e. The molecular formula is C11H15BN2O3. The molecule has 0 saturated carbocycles. The molecule has 5 nitrogen and oxygen atoms in total. The topological polar surface area (TPSA) is 60.5 Å². The second-order valence-electron chi connectivity index (χ2n) is 4.68. The van der Waals surface area contributed by atoms with E-state index in [4.69, 9.17) is 9.31 Å². The average Bonchev–Trinajstić information content (AvgIpc) is 2.58. The van der Waals surface area contributed by atoms with E-state index < -0.39 is 0 Å². The lowest BCUT2D eigenvalue weighted by atomic mass is 9.80. The molecule has 1 aromatic heterocycles. The molecule has 1 aromatic rings. The molecule has 0 bridgehead atoms. The first-order chi connectivity index (χ1) is 7.96. The molecule has 1 saturated heterocycles. The number of anilines is 1. The molecule has 90 valence electrons. The van der Waals surface area contributed by atoms with Crippen LogP contribution in [0.3, 0.4) is 0 Å². The Bertz CT molecular complexity index is 436. The number of aromatic nitrogens is 1. The molecule has 1 aliphatic heterocycles. The molecule has 0 radical (unpaired) electrons. The van der Waals surface area contributed by atoms with Crippen molar-refractivity contribution in [2.75, 3.05) is 11.9 Å². The highest BCUT2D eigenvalue weighted by molar-refractivity contribution is 6.62. The van der Waals surface area contributed by atoms with Crippen LogP contribution in [0.25, 0.3) is 0 Å². The predicted molar refractivity (Wildman–Crippen MR) is 65.0 cm³/mol. The highest BCUT2D eigenvalue weighted by atomic mass is 16.7. The fraction of sp³-hybridized carbons (Fsp3) is 0.455. The van der Waals surface area contributed by atoms with E-state index in [1.54, 1.807) is 12.3 Å². The summed E-state index contributed by atoms with van der Waals surface area (Å²) in [4.78, 5) is 15.0. The van der Waals surface area contributed by atoms with Crippen LogP contribution in [0.15, 0.2) is 18.3 Å². The van der Waals surface area contributed by atoms with Gasteiger partial charge in [-0.2, -0.15) is 0 Å². The number of rotatable bonds is 2. The third kappa shape index (κ3) is 3.05. The Morgan fingerprint density at radius 2 is 2.35 bits per heavy atom. The number of hydrogen-bond acceptors (Lipinski definition) is 4. The largest absolute Gasteiger partial charge is 0.494 e. The minimum atomic E-state index is -0.388. The van der Waals surface area contributed by atoms with Crippen molar-refractivity contribution in [3.05, 3.63) is 18.3 Å². The van der Waals surface area contributed by atoms with Gasteiger partial charge in [0, 0.05) is 13.1 Å². The van der Waals surface area contributed by atoms with E-state index in [1.165, 1.54) is 6.92 Å². The molecule has 1 aliphatic rings. The first-order valence-corrected chi connectivity index (χ1v) is 5.49. The van der Waals surface area contributed by atoms with Crippen LogP contribution in [0.1, 0.15) is 20.8 Å². The highest BCUT2D eigenvalue weighted by Gasteiger charge is 2.38. The molecule has 1 N–H and O–H groups in total. The fourth-order valence-electron chi connectivity index (χ4n) is 1.64. The lowest BCUT2D eigenvalue weighted by Gasteiger charge is -2.15. The predicted octanol–water partition coefficient (Wildman–Crippen LogP) is 0.561. The fourth-order valence-corrected chi connectivity index (χ4v) is 1.64. The van der Waals surface area contributed by atoms with Crippen molar-refractivity contribution in [1.82, 2.24) is 4.98 Å². The molecule has 0 aromatic carbocycles. The second-order valence-corrected chi connectivity index (χ2v) is 4.68. The zero-order valence-corrected chi connectivity index (χ0v) is 10.2. The molecule has 6 heteroatoms. The van der Waals surface area contributed by atoms with Gasteiger partial charge in [0.1, 0.15) is 5.82 Å². The summed E-state index contributed by atoms with van der Waals surface area (Å²) >= 11 is 0. The number of nitrogens with one attached hydrogen (secondary N) is 1. The lowest BCUT2D eigenvalue weighted by molar-refractivity contribution is -0.114. The average molecular weight is 234 g/mol. The molecule has 0 spiro atoms. The molecule has 1 fully saturated rings. The van der Waals surface area contributed by atoms with E-state index >= 15 is 0 Å². The van der Waals surface area contributed by atoms with Gasteiger partial charge in [-0.3, -0.25) is 4.79 Å². The first kappa shape index (κ1) is 12.1. The van der Waals surface area contributed by atoms with Gasteiger partial charge in [-0.05, 0) is 31.4 Å². The van der Waals surface area contributed by atoms with E-state index in [-0.39, 0.29) is 18.6 Å². The SMILES string of the molecule is CC(=O)Nc1cc(B2OCC(C)(C)O2)ccn1. The van der Waals surface area contributed by atoms with E-state index in [1.807, 2.05) is 19.9 Å². The van der Waals surface area contributed by atoms with Crippen LogP contribution < -0.4 is 10.8 Å². The standard InChI is InChI=1S/C11H15BN2O3/c1-8(15)14-10-6-9(4-5-13-10)12-16-7-11(2,3)17-12/h4-6H,7H2,1-3H3,(H,13,14,15). The zero-order valence-electron chi connectivity index (χ0n) is 10.2. The van der Waals surface area contributed by atoms with Crippen LogP contribution in [0.4, 0.5) is 5.82 Å². The van der Waals surface area contributed by atoms with Crippen LogP contribution in [0, 0.1) is 0 Å². The van der Waals surface area contributed by atoms with E-state index in [0.717, 1.165) is 5.46 Å². The Hall–Kier alpha value is -1.40. The third-order valence-corrected chi connectivity index (χ3v) is 2.37. The maximum atomic E-state index is 10.9. The van der Waals surface area contributed by atoms with Crippen molar-refractivity contribution >= 4 is 24.3 Å². The summed E-state index contributed by atoms with van der Waals surface area (Å²) in [7, 11) is -0.388. The Morgan fingerprint density at radius 1 is 1.59 bits per heavy atom. The van der Waals surface area contributed by atoms with Gasteiger partial charge in [-0.15, -0.1) is 0 Å². The van der Waals surface area contributed by atoms with Crippen molar-refractivity contribution in [2.45, 2.75) is 26.4 Å². The summed E-state index contributed by atoms with van der Waals surface area (Å²) in [6.07, 6.45) is 1.62. The molecule has 2 heterocycles. The Morgan fingerprint density at radius 3 is 2.94 bits per heavy atom. The minimum absolute atomic E-state index is 0.150. The quantitative estimate of drug-likeness (QED) is 0.759. The van der Waals surface area contributed by atoms with Gasteiger partial charge >= 0.3 is 7.12 Å². The van der Waals surface area contributed by atoms with E-state index in [9.17, 15) is 4.79 Å². The smallest absolute Gasteiger partial charge is 0.404 e. The molecule has 0 atom stereocenters. The van der Waals surface area contributed by atoms with Gasteiger partial charge in [0.15, 0.2) is 0 Å². The summed E-state index contributed by atoms with van der Waals surface area (Å²) in [6.45, 7) is 5.95. The third-order valence-electron chi connectivity index (χ3n) is 2.37. The minimum Gasteiger partial charge on any atom is -0.404 e. The molecule has 0 unspecified atom stereocenters. The van der Waals surface area contributed by atoms with Gasteiger partial charge < -0.3 is 14.6 Å². The van der Waals surface area contributed by atoms with Gasteiger partial charge in [0.05, 0.1) is 12.2 Å². The highest BCUT2D eigenvalue weighted by Crippen LogP contribution is 2.19. The van der Waals surface area contributed by atoms with Crippen molar-refractivity contribution in [3.8, 4) is 0 Å². The molecule has 2 rings (SSSR count). The van der Waals surface area contributed by atoms with Crippen molar-refractivity contribution in [3.63, 3.8) is 0 Å². The van der Waals surface area contributed by atoms with Crippen molar-refractivity contribution in [1.29, 1.82) is 0 Å². The second kappa shape index (κ2) is 4.47. The van der Waals surface area contributed by atoms with Crippen LogP contribution in [-0.4, -0.2) is 30.2 Å². The van der Waals surface area contributed by atoms with Crippen molar-refractivity contribution < 1.29 is 14.1 Å². The van der Waals surface area contributed by atoms with Gasteiger partial charge in [-0.1, -0.05) is 0 Å². The monoisotopic (exact) mass is 234 g/mol. The lowest BCUT2D eigenvalue weighted by Crippen LogP contribution is -2.34. The maximum absolute atomic E-state index is 10.9. The van der Waals surface area contributed by atoms with Crippen LogP contribution in [0.2, 0.25) is 0 Å². The molecule has 17 heavy (non-hydrogen) atoms. The van der Waals surface area contributed by atoms with Gasteiger partial charge in [-0.25, -0.2) is 4.98 Å². The molecule has 1 amide bonds. The number of nitrogens with zero attached hydrogens (tertiary/aromatic N) is 1. The number of carbonyl (C=O) groups excluding carboxylic acids is 1. The summed E-state index contributed by atoms with van der Waals surface area (Å²) in [5, 5.41) is 2.63. The van der Waals surface area contributed by atoms with E-state index in [2.05, 4.69) is 10.3 Å². The van der Waals surface area contributed by atoms with Crippen LogP contribution >= 0.6 is 0 Å². The Labute approximate surface area is 101 Å². The number of amides is 1. The summed E-state index contributed by atoms with van der Waals surface area (Å²) in [5.74, 6) is 0.357. The molecule has 0 aliphatic carbocycles. The first-order valence-electron chi connectivity index (χ1n) is 5.49. The van der Waals surface area contributed by atoms with Crippen LogP contribution in [-0.2, 0) is 14.1 Å². The normalized spacial score (nSPS) is 18.2. The summed E-state index contributed by atoms with van der Waals surface area (Å²) in [5.41, 5.74) is 0.580. The number of carbonyl (C=O) groups is 1. The summed E-state index contributed by atoms with van der Waals surface area (Å²) in [6, 6.07) is 3.57. The Balaban J connectivity index is 2.14. The number of hydrogen-bond donors (Lipinski definition) is 1. The van der Waals surface area contributed by atoms with Crippen LogP contribution in [0.5, 0.6) is 0 Å². The molecular weight excluding hydrogens is 219 g/mol. The van der Waals surface area contributed by atoms with Crippen molar-refractivity contribution in [2.24, 2.45) is 0 Å². The number of pyridine rings is 1.